The van der Waals surface area contributed by atoms with Gasteiger partial charge in [-0.05, 0) is 6.42 Å². The Morgan fingerprint density at radius 2 is 2.54 bits per heavy atom. The fraction of sp³-hybridized carbons (Fsp3) is 0.556. The summed E-state index contributed by atoms with van der Waals surface area (Å²) in [5, 5.41) is 8.94. The number of hydrogen-bond donors (Lipinski definition) is 1. The van der Waals surface area contributed by atoms with Crippen LogP contribution in [0.5, 0.6) is 0 Å². The average Bonchev–Trinajstić information content (AvgIpc) is 2.58. The molecule has 1 atom stereocenters. The zero-order chi connectivity index (χ0) is 9.26. The molecule has 0 aromatic rings. The van der Waals surface area contributed by atoms with Gasteiger partial charge in [-0.3, -0.25) is 4.99 Å². The minimum atomic E-state index is 0.0221. The minimum absolute atomic E-state index is 0.0221. The van der Waals surface area contributed by atoms with Crippen LogP contribution in [0.2, 0.25) is 0 Å². The van der Waals surface area contributed by atoms with Crippen LogP contribution in [0.4, 0.5) is 0 Å². The topological polar surface area (TPSA) is 48.2 Å². The molecule has 2 heterocycles. The molecule has 13 heavy (non-hydrogen) atoms. The van der Waals surface area contributed by atoms with Gasteiger partial charge >= 0.3 is 0 Å². The third kappa shape index (κ3) is 1.49. The molecule has 0 aromatic carbocycles. The number of aliphatic imine (C=N–C) groups is 2. The van der Waals surface area contributed by atoms with Gasteiger partial charge in [0.25, 0.3) is 0 Å². The van der Waals surface area contributed by atoms with E-state index < -0.39 is 0 Å². The van der Waals surface area contributed by atoms with E-state index in [9.17, 15) is 0 Å². The molecule has 0 bridgehead atoms. The standard InChI is InChI=1S/C9H13N3O/c1-2-7-3-9-11-8(5-13)4-12(9)6-10-7/h3,6,8,13H,2,4-5H2,1H3/t8-/m0/s1. The van der Waals surface area contributed by atoms with E-state index in [-0.39, 0.29) is 12.6 Å². The summed E-state index contributed by atoms with van der Waals surface area (Å²) in [5.74, 6) is 0.936. The summed E-state index contributed by atoms with van der Waals surface area (Å²) in [7, 11) is 0. The van der Waals surface area contributed by atoms with Crippen LogP contribution in [-0.2, 0) is 0 Å². The molecule has 1 N–H and O–H groups in total. The molecule has 2 rings (SSSR count). The first-order valence-electron chi connectivity index (χ1n) is 4.53. The third-order valence-electron chi connectivity index (χ3n) is 2.25. The lowest BCUT2D eigenvalue weighted by atomic mass is 10.3. The van der Waals surface area contributed by atoms with Gasteiger partial charge in [0.05, 0.1) is 25.5 Å². The van der Waals surface area contributed by atoms with E-state index >= 15 is 0 Å². The van der Waals surface area contributed by atoms with Crippen LogP contribution in [0.25, 0.3) is 0 Å². The Hall–Kier alpha value is -1.16. The van der Waals surface area contributed by atoms with Crippen molar-refractivity contribution in [1.82, 2.24) is 4.90 Å². The molecule has 4 heteroatoms. The third-order valence-corrected chi connectivity index (χ3v) is 2.25. The molecule has 0 aromatic heterocycles. The fourth-order valence-corrected chi connectivity index (χ4v) is 1.47. The molecule has 2 aliphatic heterocycles. The Labute approximate surface area is 77.3 Å². The SMILES string of the molecule is CCC1=CC2=N[C@H](CO)CN2C=N1. The summed E-state index contributed by atoms with van der Waals surface area (Å²) in [6.07, 6.45) is 4.70. The maximum Gasteiger partial charge on any atom is 0.130 e. The molecule has 0 fully saturated rings. The van der Waals surface area contributed by atoms with E-state index in [1.807, 2.05) is 11.0 Å². The van der Waals surface area contributed by atoms with Crippen molar-refractivity contribution in [3.8, 4) is 0 Å². The molecule has 0 radical (unpaired) electrons. The van der Waals surface area contributed by atoms with Crippen LogP contribution in [0, 0.1) is 0 Å². The summed E-state index contributed by atoms with van der Waals surface area (Å²) >= 11 is 0. The van der Waals surface area contributed by atoms with Crippen molar-refractivity contribution < 1.29 is 5.11 Å². The zero-order valence-corrected chi connectivity index (χ0v) is 7.64. The van der Waals surface area contributed by atoms with Crippen molar-refractivity contribution in [2.24, 2.45) is 9.98 Å². The molecular weight excluding hydrogens is 166 g/mol. The van der Waals surface area contributed by atoms with Gasteiger partial charge in [0.1, 0.15) is 5.84 Å². The van der Waals surface area contributed by atoms with Crippen LogP contribution in [0.15, 0.2) is 21.8 Å². The molecule has 0 aliphatic carbocycles. The summed E-state index contributed by atoms with van der Waals surface area (Å²) in [4.78, 5) is 10.6. The second-order valence-corrected chi connectivity index (χ2v) is 3.21. The van der Waals surface area contributed by atoms with Gasteiger partial charge in [-0.2, -0.15) is 0 Å². The molecule has 0 unspecified atom stereocenters. The number of aliphatic hydroxyl groups excluding tert-OH is 1. The van der Waals surface area contributed by atoms with Crippen molar-refractivity contribution >= 4 is 12.2 Å². The Balaban J connectivity index is 2.19. The molecule has 0 saturated heterocycles. The number of allylic oxidation sites excluding steroid dienone is 1. The first-order chi connectivity index (χ1) is 6.33. The van der Waals surface area contributed by atoms with Crippen LogP contribution < -0.4 is 0 Å². The van der Waals surface area contributed by atoms with E-state index in [2.05, 4.69) is 16.9 Å². The molecule has 0 spiro atoms. The summed E-state index contributed by atoms with van der Waals surface area (Å²) < 4.78 is 0. The van der Waals surface area contributed by atoms with E-state index in [0.717, 1.165) is 24.5 Å². The highest BCUT2D eigenvalue weighted by Crippen LogP contribution is 2.15. The second-order valence-electron chi connectivity index (χ2n) is 3.21. The van der Waals surface area contributed by atoms with Crippen molar-refractivity contribution in [1.29, 1.82) is 0 Å². The first-order valence-corrected chi connectivity index (χ1v) is 4.53. The van der Waals surface area contributed by atoms with Crippen molar-refractivity contribution in [2.75, 3.05) is 13.2 Å². The van der Waals surface area contributed by atoms with Gasteiger partial charge in [0.2, 0.25) is 0 Å². The largest absolute Gasteiger partial charge is 0.394 e. The fourth-order valence-electron chi connectivity index (χ4n) is 1.47. The zero-order valence-electron chi connectivity index (χ0n) is 7.64. The maximum atomic E-state index is 8.94. The van der Waals surface area contributed by atoms with E-state index in [4.69, 9.17) is 5.11 Å². The van der Waals surface area contributed by atoms with Crippen molar-refractivity contribution in [3.05, 3.63) is 11.8 Å². The number of hydrogen-bond acceptors (Lipinski definition) is 4. The maximum absolute atomic E-state index is 8.94. The molecule has 70 valence electrons. The average molecular weight is 179 g/mol. The smallest absolute Gasteiger partial charge is 0.130 e. The summed E-state index contributed by atoms with van der Waals surface area (Å²) in [5.41, 5.74) is 1.05. The molecule has 4 nitrogen and oxygen atoms in total. The monoisotopic (exact) mass is 179 g/mol. The van der Waals surface area contributed by atoms with Crippen LogP contribution >= 0.6 is 0 Å². The highest BCUT2D eigenvalue weighted by atomic mass is 16.3. The molecule has 0 saturated carbocycles. The molecule has 0 amide bonds. The van der Waals surface area contributed by atoms with E-state index in [1.165, 1.54) is 0 Å². The van der Waals surface area contributed by atoms with Gasteiger partial charge in [-0.25, -0.2) is 4.99 Å². The van der Waals surface area contributed by atoms with Crippen LogP contribution in [0.1, 0.15) is 13.3 Å². The second kappa shape index (κ2) is 3.30. The minimum Gasteiger partial charge on any atom is -0.394 e. The lowest BCUT2D eigenvalue weighted by Crippen LogP contribution is -2.29. The number of aliphatic hydroxyl groups is 1. The lowest BCUT2D eigenvalue weighted by molar-refractivity contribution is 0.265. The highest BCUT2D eigenvalue weighted by molar-refractivity contribution is 6.03. The van der Waals surface area contributed by atoms with Crippen LogP contribution in [-0.4, -0.2) is 41.4 Å². The van der Waals surface area contributed by atoms with E-state index in [1.54, 1.807) is 6.34 Å². The Kier molecular flexibility index (Phi) is 2.14. The number of rotatable bonds is 2. The van der Waals surface area contributed by atoms with Gasteiger partial charge < -0.3 is 10.0 Å². The number of nitrogens with zero attached hydrogens (tertiary/aromatic N) is 3. The summed E-state index contributed by atoms with van der Waals surface area (Å²) in [6.45, 7) is 2.93. The number of fused-ring (bicyclic) bond motifs is 1. The van der Waals surface area contributed by atoms with Gasteiger partial charge in [0, 0.05) is 11.8 Å². The molecule has 2 aliphatic rings. The van der Waals surface area contributed by atoms with Crippen molar-refractivity contribution in [2.45, 2.75) is 19.4 Å². The quantitative estimate of drug-likeness (QED) is 0.667. The van der Waals surface area contributed by atoms with Gasteiger partial charge in [-0.1, -0.05) is 6.92 Å². The van der Waals surface area contributed by atoms with Crippen molar-refractivity contribution in [3.63, 3.8) is 0 Å². The lowest BCUT2D eigenvalue weighted by Gasteiger charge is -2.16. The molecular formula is C9H13N3O. The van der Waals surface area contributed by atoms with Gasteiger partial charge in [0.15, 0.2) is 0 Å². The Morgan fingerprint density at radius 3 is 3.23 bits per heavy atom. The van der Waals surface area contributed by atoms with Gasteiger partial charge in [-0.15, -0.1) is 0 Å². The predicted octanol–water partition coefficient (Wildman–Crippen LogP) is 0.397. The summed E-state index contributed by atoms with van der Waals surface area (Å²) in [6, 6.07) is 0.0221. The normalized spacial score (nSPS) is 25.7. The predicted molar refractivity (Wildman–Crippen MR) is 51.9 cm³/mol. The Bertz CT molecular complexity index is 293. The van der Waals surface area contributed by atoms with E-state index in [0.29, 0.717) is 0 Å². The van der Waals surface area contributed by atoms with Crippen LogP contribution in [0.3, 0.4) is 0 Å². The highest BCUT2D eigenvalue weighted by Gasteiger charge is 2.23. The first kappa shape index (κ1) is 8.44. The Morgan fingerprint density at radius 1 is 1.69 bits per heavy atom. The number of amidine groups is 1.